The van der Waals surface area contributed by atoms with E-state index in [-0.39, 0.29) is 29.8 Å². The summed E-state index contributed by atoms with van der Waals surface area (Å²) in [4.78, 5) is 13.0. The molecule has 25 heavy (non-hydrogen) atoms. The molecule has 0 bridgehead atoms. The molecule has 2 atom stereocenters. The molecule has 6 nitrogen and oxygen atoms in total. The molecule has 0 unspecified atom stereocenters. The Hall–Kier alpha value is -0.850. The van der Waals surface area contributed by atoms with Crippen LogP contribution in [0.3, 0.4) is 0 Å². The Morgan fingerprint density at radius 3 is 2.16 bits per heavy atom. The monoisotopic (exact) mass is 389 g/mol. The van der Waals surface area contributed by atoms with Crippen LogP contribution >= 0.6 is 7.60 Å². The van der Waals surface area contributed by atoms with E-state index in [1.165, 1.54) is 14.2 Å². The predicted octanol–water partition coefficient (Wildman–Crippen LogP) is 3.47. The molecule has 0 aliphatic heterocycles. The summed E-state index contributed by atoms with van der Waals surface area (Å²) in [6.07, 6.45) is -0.219. The van der Waals surface area contributed by atoms with Crippen molar-refractivity contribution < 1.29 is 22.6 Å². The van der Waals surface area contributed by atoms with E-state index in [1.54, 1.807) is 12.1 Å². The van der Waals surface area contributed by atoms with Crippen molar-refractivity contribution in [1.29, 1.82) is 0 Å². The fraction of sp³-hybridized carbons (Fsp3) is 0.588. The summed E-state index contributed by atoms with van der Waals surface area (Å²) in [7, 11) is -2.33. The van der Waals surface area contributed by atoms with Gasteiger partial charge in [-0.05, 0) is 24.5 Å². The van der Waals surface area contributed by atoms with Gasteiger partial charge in [0.05, 0.1) is 4.90 Å². The summed E-state index contributed by atoms with van der Waals surface area (Å²) in [5.74, 6) is -0.264. The van der Waals surface area contributed by atoms with Crippen molar-refractivity contribution in [3.63, 3.8) is 0 Å². The van der Waals surface area contributed by atoms with E-state index in [1.807, 2.05) is 39.8 Å². The van der Waals surface area contributed by atoms with Crippen LogP contribution in [-0.2, 0) is 29.4 Å². The first-order chi connectivity index (χ1) is 11.5. The lowest BCUT2D eigenvalue weighted by Gasteiger charge is -2.31. The van der Waals surface area contributed by atoms with Gasteiger partial charge in [0.15, 0.2) is 0 Å². The second-order valence-corrected chi connectivity index (χ2v) is 10.5. The molecule has 142 valence electrons. The molecule has 0 aliphatic rings. The van der Waals surface area contributed by atoms with Gasteiger partial charge in [0.2, 0.25) is 0 Å². The average Bonchev–Trinajstić information content (AvgIpc) is 2.53. The summed E-state index contributed by atoms with van der Waals surface area (Å²) in [5, 5.41) is 0. The lowest BCUT2D eigenvalue weighted by atomic mass is 9.85. The van der Waals surface area contributed by atoms with Crippen molar-refractivity contribution in [3.05, 3.63) is 29.8 Å². The first-order valence-electron chi connectivity index (χ1n) is 7.97. The van der Waals surface area contributed by atoms with E-state index in [4.69, 9.17) is 9.05 Å². The molecule has 0 heterocycles. The van der Waals surface area contributed by atoms with Gasteiger partial charge in [0.25, 0.3) is 0 Å². The van der Waals surface area contributed by atoms with Crippen LogP contribution in [0.5, 0.6) is 0 Å². The number of benzene rings is 1. The van der Waals surface area contributed by atoms with Crippen molar-refractivity contribution in [1.82, 2.24) is 4.72 Å². The minimum atomic E-state index is -3.40. The summed E-state index contributed by atoms with van der Waals surface area (Å²) in [6, 6.07) is 7.01. The number of carbonyl (C=O) groups excluding carboxylic acids is 1. The van der Waals surface area contributed by atoms with Crippen LogP contribution in [0.2, 0.25) is 0 Å². The fourth-order valence-electron chi connectivity index (χ4n) is 2.10. The number of hydrogen-bond acceptors (Lipinski definition) is 5. The van der Waals surface area contributed by atoms with Crippen molar-refractivity contribution in [2.75, 3.05) is 20.4 Å². The molecule has 0 saturated carbocycles. The Morgan fingerprint density at radius 1 is 1.20 bits per heavy atom. The number of hydrogen-bond donors (Lipinski definition) is 1. The second-order valence-electron chi connectivity index (χ2n) is 7.00. The van der Waals surface area contributed by atoms with E-state index in [0.717, 1.165) is 5.56 Å². The maximum Gasteiger partial charge on any atom is 0.337 e. The molecule has 0 saturated heterocycles. The number of rotatable bonds is 9. The molecular weight excluding hydrogens is 361 g/mol. The first-order valence-corrected chi connectivity index (χ1v) is 10.9. The molecule has 1 aromatic carbocycles. The van der Waals surface area contributed by atoms with Crippen LogP contribution in [0.1, 0.15) is 32.8 Å². The molecule has 0 fully saturated rings. The largest absolute Gasteiger partial charge is 0.337 e. The van der Waals surface area contributed by atoms with Gasteiger partial charge in [-0.2, -0.15) is 0 Å². The predicted molar refractivity (Wildman–Crippen MR) is 100 cm³/mol. The van der Waals surface area contributed by atoms with Gasteiger partial charge >= 0.3 is 7.60 Å². The highest BCUT2D eigenvalue weighted by Gasteiger charge is 2.32. The first kappa shape index (κ1) is 22.2. The molecule has 1 aromatic rings. The number of nitrogens with one attached hydrogen (secondary N) is 1. The van der Waals surface area contributed by atoms with E-state index in [0.29, 0.717) is 4.90 Å². The maximum atomic E-state index is 12.6. The summed E-state index contributed by atoms with van der Waals surface area (Å²) >= 11 is 0. The molecule has 8 heteroatoms. The molecule has 0 amide bonds. The third-order valence-electron chi connectivity index (χ3n) is 3.89. The molecule has 0 aliphatic carbocycles. The molecule has 1 rings (SSSR count). The van der Waals surface area contributed by atoms with Gasteiger partial charge in [0, 0.05) is 26.7 Å². The third-order valence-corrected chi connectivity index (χ3v) is 6.94. The van der Waals surface area contributed by atoms with Crippen LogP contribution in [0.15, 0.2) is 29.2 Å². The topological polar surface area (TPSA) is 81.7 Å². The molecule has 0 spiro atoms. The Labute approximate surface area is 152 Å². The van der Waals surface area contributed by atoms with E-state index in [9.17, 15) is 13.6 Å². The Balaban J connectivity index is 2.85. The molecule has 0 radical (unpaired) electrons. The third kappa shape index (κ3) is 7.12. The highest BCUT2D eigenvalue weighted by molar-refractivity contribution is 7.83. The minimum absolute atomic E-state index is 0.0812. The standard InChI is InChI=1S/C17H28NO5PS/c1-13-7-9-15(10-8-13)25(21)18-16(17(2,3)4)11-14(19)12-24(20,22-5)23-6/h7-10,16,18H,11-12H2,1-6H3/t16-,25+/m1/s1. The Morgan fingerprint density at radius 2 is 1.72 bits per heavy atom. The van der Waals surface area contributed by atoms with E-state index < -0.39 is 18.6 Å². The Bertz CT molecular complexity index is 646. The van der Waals surface area contributed by atoms with Crippen LogP contribution in [0.25, 0.3) is 0 Å². The minimum Gasteiger partial charge on any atom is -0.312 e. The molecular formula is C17H28NO5PS. The number of carbonyl (C=O) groups is 1. The lowest BCUT2D eigenvalue weighted by molar-refractivity contribution is -0.117. The van der Waals surface area contributed by atoms with Crippen LogP contribution < -0.4 is 4.72 Å². The average molecular weight is 389 g/mol. The molecule has 1 N–H and O–H groups in total. The van der Waals surface area contributed by atoms with E-state index in [2.05, 4.69) is 4.72 Å². The fourth-order valence-corrected chi connectivity index (χ4v) is 4.28. The van der Waals surface area contributed by atoms with Crippen molar-refractivity contribution in [2.45, 2.75) is 45.1 Å². The highest BCUT2D eigenvalue weighted by atomic mass is 32.2. The lowest BCUT2D eigenvalue weighted by Crippen LogP contribution is -2.43. The summed E-state index contributed by atoms with van der Waals surface area (Å²) in [6.45, 7) is 7.82. The highest BCUT2D eigenvalue weighted by Crippen LogP contribution is 2.46. The van der Waals surface area contributed by atoms with Gasteiger partial charge in [-0.3, -0.25) is 9.36 Å². The van der Waals surface area contributed by atoms with Crippen LogP contribution in [-0.4, -0.2) is 36.4 Å². The quantitative estimate of drug-likeness (QED) is 0.654. The van der Waals surface area contributed by atoms with Crippen LogP contribution in [0, 0.1) is 12.3 Å². The second kappa shape index (κ2) is 9.19. The van der Waals surface area contributed by atoms with Gasteiger partial charge in [-0.15, -0.1) is 0 Å². The maximum absolute atomic E-state index is 12.6. The van der Waals surface area contributed by atoms with Gasteiger partial charge in [0.1, 0.15) is 22.9 Å². The number of aryl methyl sites for hydroxylation is 1. The zero-order valence-electron chi connectivity index (χ0n) is 15.7. The SMILES string of the molecule is COP(=O)(CC(=O)C[C@@H](N[S@@](=O)c1ccc(C)cc1)C(C)(C)C)OC. The normalized spacial score (nSPS) is 15.0. The number of ketones is 1. The van der Waals surface area contributed by atoms with Gasteiger partial charge in [-0.1, -0.05) is 38.5 Å². The van der Waals surface area contributed by atoms with Gasteiger partial charge in [-0.25, -0.2) is 8.93 Å². The zero-order chi connectivity index (χ0) is 19.3. The van der Waals surface area contributed by atoms with Gasteiger partial charge < -0.3 is 9.05 Å². The summed E-state index contributed by atoms with van der Waals surface area (Å²) < 4.78 is 37.4. The zero-order valence-corrected chi connectivity index (χ0v) is 17.4. The summed E-state index contributed by atoms with van der Waals surface area (Å²) in [5.41, 5.74) is 0.762. The van der Waals surface area contributed by atoms with Crippen LogP contribution in [0.4, 0.5) is 0 Å². The van der Waals surface area contributed by atoms with Crippen molar-refractivity contribution >= 4 is 24.4 Å². The van der Waals surface area contributed by atoms with Crippen molar-refractivity contribution in [3.8, 4) is 0 Å². The van der Waals surface area contributed by atoms with E-state index >= 15 is 0 Å². The van der Waals surface area contributed by atoms with Crippen molar-refractivity contribution in [2.24, 2.45) is 5.41 Å². The smallest absolute Gasteiger partial charge is 0.312 e. The number of Topliss-reactive ketones (excluding diaryl/α,β-unsaturated/α-hetero) is 1. The Kier molecular flexibility index (Phi) is 8.16. The molecule has 0 aromatic heterocycles.